The number of aromatic amines is 1. The summed E-state index contributed by atoms with van der Waals surface area (Å²) in [5, 5.41) is 3.60. The first-order chi connectivity index (χ1) is 18.7. The Hall–Kier alpha value is -4.20. The molecule has 1 aromatic heterocycles. The number of hydrogen-bond acceptors (Lipinski definition) is 3. The van der Waals surface area contributed by atoms with E-state index in [1.807, 2.05) is 30.3 Å². The van der Waals surface area contributed by atoms with Crippen LogP contribution in [0.2, 0.25) is 0 Å². The zero-order valence-corrected chi connectivity index (χ0v) is 22.5. The summed E-state index contributed by atoms with van der Waals surface area (Å²) >= 11 is 0. The Morgan fingerprint density at radius 2 is 1.79 bits per heavy atom. The number of halogens is 2. The highest BCUT2D eigenvalue weighted by molar-refractivity contribution is 5.84. The lowest BCUT2D eigenvalue weighted by Crippen LogP contribution is -2.37. The number of hydrogen-bond donors (Lipinski definition) is 2. The molecular formula is C31H35F2N3O3. The number of carbonyl (C=O) groups is 2. The van der Waals surface area contributed by atoms with E-state index < -0.39 is 6.61 Å². The Morgan fingerprint density at radius 3 is 2.44 bits per heavy atom. The van der Waals surface area contributed by atoms with Gasteiger partial charge in [0.15, 0.2) is 0 Å². The van der Waals surface area contributed by atoms with Gasteiger partial charge in [-0.2, -0.15) is 8.78 Å². The Morgan fingerprint density at radius 1 is 1.03 bits per heavy atom. The molecule has 0 saturated carbocycles. The molecule has 0 radical (unpaired) electrons. The van der Waals surface area contributed by atoms with E-state index in [1.54, 1.807) is 17.0 Å². The molecule has 0 bridgehead atoms. The Balaban J connectivity index is 0.000000520. The first-order valence-corrected chi connectivity index (χ1v) is 12.9. The van der Waals surface area contributed by atoms with E-state index in [0.717, 1.165) is 16.6 Å². The second-order valence-electron chi connectivity index (χ2n) is 9.54. The third-order valence-electron chi connectivity index (χ3n) is 6.11. The van der Waals surface area contributed by atoms with Crippen molar-refractivity contribution in [1.82, 2.24) is 15.2 Å². The van der Waals surface area contributed by atoms with Crippen molar-refractivity contribution < 1.29 is 23.1 Å². The lowest BCUT2D eigenvalue weighted by molar-refractivity contribution is -0.131. The van der Waals surface area contributed by atoms with Crippen molar-refractivity contribution in [3.8, 4) is 5.75 Å². The first kappa shape index (κ1) is 29.4. The van der Waals surface area contributed by atoms with Crippen LogP contribution in [0.15, 0.2) is 78.9 Å². The standard InChI is InChI=1S/C24H27F2N3O3.C7H8/c1-16(2)18-6-7-22-19(11-18)12-20(28-22)13-23(31)29(9-8-27-15-30)14-17-4-3-5-21(10-17)32-24(25)26;1-7-5-3-2-4-6-7/h3-7,10-12,15-16,24,28H,8-9,13-14H2,1-2H3,(H,27,30);2-6H,1H3. The minimum absolute atomic E-state index is 0.0347. The number of rotatable bonds is 11. The van der Waals surface area contributed by atoms with Gasteiger partial charge in [-0.15, -0.1) is 0 Å². The number of nitrogens with one attached hydrogen (secondary N) is 2. The summed E-state index contributed by atoms with van der Waals surface area (Å²) in [7, 11) is 0. The van der Waals surface area contributed by atoms with E-state index in [1.165, 1.54) is 23.3 Å². The monoisotopic (exact) mass is 535 g/mol. The molecule has 0 fully saturated rings. The van der Waals surface area contributed by atoms with Crippen molar-refractivity contribution in [1.29, 1.82) is 0 Å². The number of alkyl halides is 2. The average molecular weight is 536 g/mol. The number of aryl methyl sites for hydroxylation is 1. The molecule has 8 heteroatoms. The Labute approximate surface area is 228 Å². The lowest BCUT2D eigenvalue weighted by atomic mass is 10.0. The van der Waals surface area contributed by atoms with Crippen LogP contribution < -0.4 is 10.1 Å². The summed E-state index contributed by atoms with van der Waals surface area (Å²) in [6, 6.07) is 24.7. The molecule has 206 valence electrons. The number of fused-ring (bicyclic) bond motifs is 1. The number of H-pyrrole nitrogens is 1. The van der Waals surface area contributed by atoms with E-state index >= 15 is 0 Å². The first-order valence-electron chi connectivity index (χ1n) is 12.9. The van der Waals surface area contributed by atoms with Crippen LogP contribution in [0.4, 0.5) is 8.78 Å². The topological polar surface area (TPSA) is 74.4 Å². The fraction of sp³-hybridized carbons (Fsp3) is 0.290. The highest BCUT2D eigenvalue weighted by atomic mass is 19.3. The lowest BCUT2D eigenvalue weighted by Gasteiger charge is -2.23. The van der Waals surface area contributed by atoms with E-state index in [9.17, 15) is 18.4 Å². The van der Waals surface area contributed by atoms with Gasteiger partial charge in [-0.25, -0.2) is 0 Å². The van der Waals surface area contributed by atoms with Crippen molar-refractivity contribution in [2.24, 2.45) is 0 Å². The zero-order valence-electron chi connectivity index (χ0n) is 22.5. The summed E-state index contributed by atoms with van der Waals surface area (Å²) in [5.41, 5.74) is 4.95. The average Bonchev–Trinajstić information content (AvgIpc) is 3.30. The van der Waals surface area contributed by atoms with Gasteiger partial charge >= 0.3 is 6.61 Å². The second kappa shape index (κ2) is 14.7. The third-order valence-corrected chi connectivity index (χ3v) is 6.11. The minimum atomic E-state index is -2.92. The molecule has 1 heterocycles. The summed E-state index contributed by atoms with van der Waals surface area (Å²) in [6.07, 6.45) is 0.726. The molecule has 0 atom stereocenters. The molecule has 4 rings (SSSR count). The summed E-state index contributed by atoms with van der Waals surface area (Å²) < 4.78 is 29.5. The smallest absolute Gasteiger partial charge is 0.387 e. The van der Waals surface area contributed by atoms with Gasteiger partial charge in [0.2, 0.25) is 12.3 Å². The van der Waals surface area contributed by atoms with Crippen LogP contribution in [-0.4, -0.2) is 41.9 Å². The van der Waals surface area contributed by atoms with Crippen molar-refractivity contribution >= 4 is 23.2 Å². The van der Waals surface area contributed by atoms with Crippen LogP contribution in [-0.2, 0) is 22.6 Å². The fourth-order valence-corrected chi connectivity index (χ4v) is 4.07. The summed E-state index contributed by atoms with van der Waals surface area (Å²) in [4.78, 5) is 28.6. The highest BCUT2D eigenvalue weighted by Crippen LogP contribution is 2.23. The summed E-state index contributed by atoms with van der Waals surface area (Å²) in [5.74, 6) is 0.297. The molecule has 0 saturated heterocycles. The van der Waals surface area contributed by atoms with Crippen LogP contribution in [0.3, 0.4) is 0 Å². The molecule has 3 aromatic carbocycles. The van der Waals surface area contributed by atoms with Crippen LogP contribution in [0, 0.1) is 6.92 Å². The van der Waals surface area contributed by atoms with Gasteiger partial charge in [0.1, 0.15) is 5.75 Å². The van der Waals surface area contributed by atoms with Crippen molar-refractivity contribution in [2.75, 3.05) is 13.1 Å². The number of nitrogens with zero attached hydrogens (tertiary/aromatic N) is 1. The molecule has 39 heavy (non-hydrogen) atoms. The molecule has 0 aliphatic rings. The van der Waals surface area contributed by atoms with Crippen molar-refractivity contribution in [2.45, 2.75) is 46.3 Å². The summed E-state index contributed by atoms with van der Waals surface area (Å²) in [6.45, 7) is 4.20. The van der Waals surface area contributed by atoms with E-state index in [2.05, 4.69) is 60.1 Å². The minimum Gasteiger partial charge on any atom is -0.435 e. The van der Waals surface area contributed by atoms with Gasteiger partial charge in [0.05, 0.1) is 6.42 Å². The highest BCUT2D eigenvalue weighted by Gasteiger charge is 2.17. The molecule has 0 aliphatic carbocycles. The molecule has 6 nitrogen and oxygen atoms in total. The van der Waals surface area contributed by atoms with Crippen LogP contribution in [0.1, 0.15) is 42.1 Å². The van der Waals surface area contributed by atoms with Crippen LogP contribution in [0.5, 0.6) is 5.75 Å². The molecule has 2 N–H and O–H groups in total. The van der Waals surface area contributed by atoms with E-state index in [-0.39, 0.29) is 37.7 Å². The van der Waals surface area contributed by atoms with Crippen molar-refractivity contribution in [3.63, 3.8) is 0 Å². The maximum absolute atomic E-state index is 13.1. The van der Waals surface area contributed by atoms with E-state index in [4.69, 9.17) is 0 Å². The fourth-order valence-electron chi connectivity index (χ4n) is 4.07. The quantitative estimate of drug-likeness (QED) is 0.177. The van der Waals surface area contributed by atoms with Crippen LogP contribution >= 0.6 is 0 Å². The SMILES string of the molecule is CC(C)c1ccc2[nH]c(CC(=O)N(CCNC=O)Cc3cccc(OC(F)F)c3)cc2c1.Cc1ccccc1. The Bertz CT molecular complexity index is 1340. The van der Waals surface area contributed by atoms with E-state index in [0.29, 0.717) is 17.9 Å². The predicted octanol–water partition coefficient (Wildman–Crippen LogP) is 6.21. The normalized spacial score (nSPS) is 10.7. The van der Waals surface area contributed by atoms with Gasteiger partial charge in [-0.1, -0.05) is 67.9 Å². The van der Waals surface area contributed by atoms with Gasteiger partial charge in [-0.05, 0) is 59.7 Å². The van der Waals surface area contributed by atoms with Gasteiger partial charge < -0.3 is 19.9 Å². The third kappa shape index (κ3) is 9.56. The predicted molar refractivity (Wildman–Crippen MR) is 150 cm³/mol. The maximum atomic E-state index is 13.1. The zero-order chi connectivity index (χ0) is 28.2. The molecule has 0 unspecified atom stereocenters. The number of amides is 2. The second-order valence-corrected chi connectivity index (χ2v) is 9.54. The molecule has 0 spiro atoms. The number of ether oxygens (including phenoxy) is 1. The van der Waals surface area contributed by atoms with Crippen molar-refractivity contribution in [3.05, 3.63) is 101 Å². The van der Waals surface area contributed by atoms with Gasteiger partial charge in [0.25, 0.3) is 0 Å². The number of aromatic nitrogens is 1. The molecule has 2 amide bonds. The number of carbonyl (C=O) groups excluding carboxylic acids is 2. The largest absolute Gasteiger partial charge is 0.435 e. The molecule has 4 aromatic rings. The maximum Gasteiger partial charge on any atom is 0.387 e. The number of benzene rings is 3. The van der Waals surface area contributed by atoms with Gasteiger partial charge in [-0.3, -0.25) is 9.59 Å². The van der Waals surface area contributed by atoms with Crippen LogP contribution in [0.25, 0.3) is 10.9 Å². The molecular weight excluding hydrogens is 500 g/mol. The Kier molecular flexibility index (Phi) is 11.0. The molecule has 0 aliphatic heterocycles. The van der Waals surface area contributed by atoms with Gasteiger partial charge in [0, 0.05) is 30.8 Å².